The molecule has 1 aromatic heterocycles. The lowest BCUT2D eigenvalue weighted by Gasteiger charge is -2.09. The van der Waals surface area contributed by atoms with Gasteiger partial charge in [-0.25, -0.2) is 9.67 Å². The monoisotopic (exact) mass is 373 g/mol. The Bertz CT molecular complexity index is 865. The molecule has 0 saturated carbocycles. The molecule has 0 aliphatic rings. The van der Waals surface area contributed by atoms with E-state index in [1.54, 1.807) is 18.1 Å². The highest BCUT2D eigenvalue weighted by atomic mass is 35.5. The van der Waals surface area contributed by atoms with Crippen LogP contribution in [-0.4, -0.2) is 27.0 Å². The summed E-state index contributed by atoms with van der Waals surface area (Å²) in [6, 6.07) is 15.1. The second-order valence-electron chi connectivity index (χ2n) is 5.20. The third-order valence-corrected chi connectivity index (χ3v) is 3.80. The van der Waals surface area contributed by atoms with Crippen LogP contribution in [0.15, 0.2) is 54.9 Å². The molecule has 0 aliphatic heterocycles. The van der Waals surface area contributed by atoms with Crippen LogP contribution in [0.5, 0.6) is 5.75 Å². The molecule has 0 aliphatic carbocycles. The maximum Gasteiger partial charge on any atom is 0.248 e. The van der Waals surface area contributed by atoms with Crippen molar-refractivity contribution in [2.75, 3.05) is 17.7 Å². The van der Waals surface area contributed by atoms with Gasteiger partial charge in [0.15, 0.2) is 5.11 Å². The highest BCUT2D eigenvalue weighted by Gasteiger charge is 2.05. The van der Waals surface area contributed by atoms with Gasteiger partial charge in [0.05, 0.1) is 13.7 Å². The molecule has 0 bridgehead atoms. The van der Waals surface area contributed by atoms with Crippen molar-refractivity contribution in [1.82, 2.24) is 14.8 Å². The quantitative estimate of drug-likeness (QED) is 0.663. The number of hydrogen-bond donors (Lipinski definition) is 2. The Hall–Kier alpha value is -2.64. The van der Waals surface area contributed by atoms with Crippen LogP contribution in [0.2, 0.25) is 5.02 Å². The molecule has 0 saturated heterocycles. The van der Waals surface area contributed by atoms with E-state index in [4.69, 9.17) is 28.6 Å². The van der Waals surface area contributed by atoms with Gasteiger partial charge in [-0.15, -0.1) is 5.10 Å². The van der Waals surface area contributed by atoms with Gasteiger partial charge in [-0.3, -0.25) is 5.32 Å². The minimum atomic E-state index is 0.400. The van der Waals surface area contributed by atoms with Crippen molar-refractivity contribution in [2.24, 2.45) is 0 Å². The zero-order chi connectivity index (χ0) is 17.6. The maximum absolute atomic E-state index is 5.89. The lowest BCUT2D eigenvalue weighted by Crippen LogP contribution is -2.20. The van der Waals surface area contributed by atoms with Crippen molar-refractivity contribution < 1.29 is 4.74 Å². The summed E-state index contributed by atoms with van der Waals surface area (Å²) in [7, 11) is 1.62. The molecule has 0 radical (unpaired) electrons. The Balaban J connectivity index is 1.58. The van der Waals surface area contributed by atoms with Crippen molar-refractivity contribution >= 4 is 40.6 Å². The maximum atomic E-state index is 5.89. The van der Waals surface area contributed by atoms with Gasteiger partial charge in [-0.2, -0.15) is 0 Å². The minimum Gasteiger partial charge on any atom is -0.497 e. The number of thiocarbonyl (C=S) groups is 1. The number of aromatic nitrogens is 3. The zero-order valence-electron chi connectivity index (χ0n) is 13.4. The average molecular weight is 374 g/mol. The summed E-state index contributed by atoms with van der Waals surface area (Å²) >= 11 is 11.2. The summed E-state index contributed by atoms with van der Waals surface area (Å²) < 4.78 is 6.90. The highest BCUT2D eigenvalue weighted by molar-refractivity contribution is 7.80. The standard InChI is InChI=1S/C17H16ClN5OS/c1-24-15-4-2-3-14(9-15)20-17(25)21-16-19-11-23(22-16)10-12-5-7-13(18)8-6-12/h2-9,11H,10H2,1H3,(H2,20,21,22,25). The summed E-state index contributed by atoms with van der Waals surface area (Å²) in [6.45, 7) is 0.599. The summed E-state index contributed by atoms with van der Waals surface area (Å²) in [4.78, 5) is 4.21. The Labute approximate surface area is 155 Å². The predicted octanol–water partition coefficient (Wildman–Crippen LogP) is 3.80. The lowest BCUT2D eigenvalue weighted by molar-refractivity contribution is 0.415. The molecule has 2 aromatic carbocycles. The van der Waals surface area contributed by atoms with E-state index in [9.17, 15) is 0 Å². The average Bonchev–Trinajstić information content (AvgIpc) is 3.04. The van der Waals surface area contributed by atoms with Crippen LogP contribution in [0.4, 0.5) is 11.6 Å². The molecule has 0 atom stereocenters. The van der Waals surface area contributed by atoms with Gasteiger partial charge in [0.2, 0.25) is 5.95 Å². The number of rotatable bonds is 5. The van der Waals surface area contributed by atoms with E-state index < -0.39 is 0 Å². The minimum absolute atomic E-state index is 0.400. The Morgan fingerprint density at radius 3 is 2.76 bits per heavy atom. The second-order valence-corrected chi connectivity index (χ2v) is 6.05. The molecule has 2 N–H and O–H groups in total. The van der Waals surface area contributed by atoms with E-state index in [0.29, 0.717) is 22.6 Å². The van der Waals surface area contributed by atoms with Crippen molar-refractivity contribution in [3.05, 3.63) is 65.4 Å². The number of halogens is 1. The molecule has 128 valence electrons. The summed E-state index contributed by atoms with van der Waals surface area (Å²) in [6.07, 6.45) is 1.64. The van der Waals surface area contributed by atoms with Gasteiger partial charge in [0.1, 0.15) is 12.1 Å². The SMILES string of the molecule is COc1cccc(NC(=S)Nc2ncn(Cc3ccc(Cl)cc3)n2)c1. The molecule has 1 heterocycles. The highest BCUT2D eigenvalue weighted by Crippen LogP contribution is 2.17. The van der Waals surface area contributed by atoms with Crippen LogP contribution in [0.3, 0.4) is 0 Å². The fraction of sp³-hybridized carbons (Fsp3) is 0.118. The van der Waals surface area contributed by atoms with Crippen LogP contribution in [0.25, 0.3) is 0 Å². The van der Waals surface area contributed by atoms with Crippen LogP contribution in [0.1, 0.15) is 5.56 Å². The van der Waals surface area contributed by atoms with E-state index in [-0.39, 0.29) is 0 Å². The first-order chi connectivity index (χ1) is 12.1. The van der Waals surface area contributed by atoms with Gasteiger partial charge in [-0.1, -0.05) is 29.8 Å². The van der Waals surface area contributed by atoms with Gasteiger partial charge in [0.25, 0.3) is 0 Å². The first-order valence-electron chi connectivity index (χ1n) is 7.48. The van der Waals surface area contributed by atoms with E-state index in [0.717, 1.165) is 17.0 Å². The van der Waals surface area contributed by atoms with E-state index in [1.165, 1.54) is 0 Å². The smallest absolute Gasteiger partial charge is 0.248 e. The number of nitrogens with one attached hydrogen (secondary N) is 2. The summed E-state index contributed by atoms with van der Waals surface area (Å²) in [5.74, 6) is 1.17. The molecule has 3 aromatic rings. The molecule has 8 heteroatoms. The van der Waals surface area contributed by atoms with E-state index in [2.05, 4.69) is 20.7 Å². The molecular weight excluding hydrogens is 358 g/mol. The Kier molecular flexibility index (Phi) is 5.47. The third-order valence-electron chi connectivity index (χ3n) is 3.35. The molecule has 0 spiro atoms. The van der Waals surface area contributed by atoms with Crippen molar-refractivity contribution in [1.29, 1.82) is 0 Å². The van der Waals surface area contributed by atoms with Crippen LogP contribution in [-0.2, 0) is 6.54 Å². The number of hydrogen-bond acceptors (Lipinski definition) is 4. The normalized spacial score (nSPS) is 10.3. The summed E-state index contributed by atoms with van der Waals surface area (Å²) in [5, 5.41) is 11.5. The second kappa shape index (κ2) is 7.96. The van der Waals surface area contributed by atoms with Crippen molar-refractivity contribution in [2.45, 2.75) is 6.54 Å². The van der Waals surface area contributed by atoms with Gasteiger partial charge in [0, 0.05) is 16.8 Å². The number of anilines is 2. The zero-order valence-corrected chi connectivity index (χ0v) is 15.0. The number of benzene rings is 2. The largest absolute Gasteiger partial charge is 0.497 e. The Morgan fingerprint density at radius 1 is 1.20 bits per heavy atom. The first-order valence-corrected chi connectivity index (χ1v) is 8.27. The molecule has 3 rings (SSSR count). The molecule has 0 fully saturated rings. The fourth-order valence-corrected chi connectivity index (χ4v) is 2.50. The molecule has 0 amide bonds. The van der Waals surface area contributed by atoms with Crippen molar-refractivity contribution in [3.63, 3.8) is 0 Å². The van der Waals surface area contributed by atoms with Gasteiger partial charge in [-0.05, 0) is 42.0 Å². The molecular formula is C17H16ClN5OS. The molecule has 25 heavy (non-hydrogen) atoms. The van der Waals surface area contributed by atoms with E-state index >= 15 is 0 Å². The molecule has 6 nitrogen and oxygen atoms in total. The first kappa shape index (κ1) is 17.2. The predicted molar refractivity (Wildman–Crippen MR) is 103 cm³/mol. The number of ether oxygens (including phenoxy) is 1. The van der Waals surface area contributed by atoms with Crippen molar-refractivity contribution in [3.8, 4) is 5.75 Å². The Morgan fingerprint density at radius 2 is 2.00 bits per heavy atom. The summed E-state index contributed by atoms with van der Waals surface area (Å²) in [5.41, 5.74) is 1.90. The van der Waals surface area contributed by atoms with Crippen LogP contribution < -0.4 is 15.4 Å². The third kappa shape index (κ3) is 4.91. The van der Waals surface area contributed by atoms with Gasteiger partial charge >= 0.3 is 0 Å². The van der Waals surface area contributed by atoms with E-state index in [1.807, 2.05) is 48.5 Å². The number of methoxy groups -OCH3 is 1. The van der Waals surface area contributed by atoms with Crippen LogP contribution in [0, 0.1) is 0 Å². The lowest BCUT2D eigenvalue weighted by atomic mass is 10.2. The number of nitrogens with zero attached hydrogens (tertiary/aromatic N) is 3. The molecule has 0 unspecified atom stereocenters. The van der Waals surface area contributed by atoms with Crippen LogP contribution >= 0.6 is 23.8 Å². The van der Waals surface area contributed by atoms with Gasteiger partial charge < -0.3 is 10.1 Å². The fourth-order valence-electron chi connectivity index (χ4n) is 2.17. The topological polar surface area (TPSA) is 64.0 Å².